The van der Waals surface area contributed by atoms with Crippen LogP contribution in [0.3, 0.4) is 0 Å². The van der Waals surface area contributed by atoms with E-state index in [4.69, 9.17) is 4.74 Å². The Hall–Kier alpha value is -1.84. The topological polar surface area (TPSA) is 81.2 Å². The van der Waals surface area contributed by atoms with Gasteiger partial charge < -0.3 is 31.5 Å². The smallest absolute Gasteiger partial charge is 0.317 e. The molecule has 4 aliphatic rings. The highest BCUT2D eigenvalue weighted by molar-refractivity contribution is 7.10. The van der Waals surface area contributed by atoms with Crippen LogP contribution < -0.4 is 22.3 Å². The summed E-state index contributed by atoms with van der Waals surface area (Å²) in [5.41, 5.74) is -0.495. The first kappa shape index (κ1) is 25.3. The Bertz CT molecular complexity index is 956. The van der Waals surface area contributed by atoms with Gasteiger partial charge in [0.2, 0.25) is 0 Å². The summed E-state index contributed by atoms with van der Waals surface area (Å²) < 4.78 is 7.06. The zero-order valence-corrected chi connectivity index (χ0v) is 21.9. The summed E-state index contributed by atoms with van der Waals surface area (Å²) >= 11 is 1.68. The molecule has 0 spiro atoms. The van der Waals surface area contributed by atoms with Crippen LogP contribution in [0.2, 0.25) is 0 Å². The number of nitrogens with zero attached hydrogens (tertiary/aromatic N) is 3. The highest BCUT2D eigenvalue weighted by Crippen LogP contribution is 2.43. The fourth-order valence-electron chi connectivity index (χ4n) is 6.12. The number of hydrogen-bond donors (Lipinski definition) is 1. The maximum absolute atomic E-state index is 13.8. The average molecular weight is 550 g/mol. The molecule has 34 heavy (non-hydrogen) atoms. The van der Waals surface area contributed by atoms with Crippen molar-refractivity contribution in [2.75, 3.05) is 31.5 Å². The third-order valence-electron chi connectivity index (χ3n) is 7.96. The molecule has 5 heterocycles. The number of piperidine rings is 3. The van der Waals surface area contributed by atoms with E-state index in [1.54, 1.807) is 29.7 Å². The van der Waals surface area contributed by atoms with E-state index in [-0.39, 0.29) is 35.0 Å². The van der Waals surface area contributed by atoms with E-state index >= 15 is 0 Å². The number of aromatic nitrogens is 2. The van der Waals surface area contributed by atoms with Crippen LogP contribution in [0.15, 0.2) is 35.8 Å². The number of amides is 1. The van der Waals surface area contributed by atoms with Gasteiger partial charge in [-0.2, -0.15) is 5.10 Å². The lowest BCUT2D eigenvalue weighted by Gasteiger charge is -2.52. The first-order valence-corrected chi connectivity index (χ1v) is 13.1. The molecule has 2 aromatic rings. The van der Waals surface area contributed by atoms with Crippen molar-refractivity contribution >= 4 is 29.0 Å². The van der Waals surface area contributed by atoms with Crippen LogP contribution in [0, 0.1) is 5.92 Å². The molecule has 6 rings (SSSR count). The van der Waals surface area contributed by atoms with Crippen molar-refractivity contribution in [1.82, 2.24) is 10.2 Å². The standard InChI is InChI=1S/C25H32N4O3S.BrH/c30-23(27-22-8-5-13-26-28-22)18-29-14-9-19(10-15-29)20(17-29)32-24(31)25(21-7-6-16-33-21)11-3-1-2-4-12-25;/h5-8,13,16,19-20H,1-4,9-12,14-15,17-18H2;1H. The minimum atomic E-state index is -0.495. The summed E-state index contributed by atoms with van der Waals surface area (Å²) in [6, 6.07) is 7.66. The maximum atomic E-state index is 13.8. The summed E-state index contributed by atoms with van der Waals surface area (Å²) in [5, 5.41) is 12.7. The predicted molar refractivity (Wildman–Crippen MR) is 127 cm³/mol. The largest absolute Gasteiger partial charge is 1.00 e. The quantitative estimate of drug-likeness (QED) is 0.330. The summed E-state index contributed by atoms with van der Waals surface area (Å²) in [5.74, 6) is 0.789. The average Bonchev–Trinajstić information content (AvgIpc) is 3.25. The highest BCUT2D eigenvalue weighted by Gasteiger charge is 2.51. The van der Waals surface area contributed by atoms with Gasteiger partial charge in [0.25, 0.3) is 5.91 Å². The lowest BCUT2D eigenvalue weighted by molar-refractivity contribution is -0.939. The van der Waals surface area contributed by atoms with Crippen LogP contribution in [-0.4, -0.2) is 58.8 Å². The highest BCUT2D eigenvalue weighted by atomic mass is 79.9. The van der Waals surface area contributed by atoms with Crippen molar-refractivity contribution in [2.45, 2.75) is 62.9 Å². The number of fused-ring (bicyclic) bond motifs is 3. The lowest BCUT2D eigenvalue weighted by Crippen LogP contribution is -3.00. The number of rotatable bonds is 6. The summed E-state index contributed by atoms with van der Waals surface area (Å²) in [4.78, 5) is 27.7. The molecule has 1 amide bonds. The minimum absolute atomic E-state index is 0. The summed E-state index contributed by atoms with van der Waals surface area (Å²) in [6.07, 6.45) is 9.76. The van der Waals surface area contributed by atoms with Gasteiger partial charge in [0, 0.05) is 29.8 Å². The monoisotopic (exact) mass is 548 g/mol. The molecule has 0 aromatic carbocycles. The van der Waals surface area contributed by atoms with Crippen LogP contribution in [0.25, 0.3) is 0 Å². The number of halogens is 1. The molecule has 4 fully saturated rings. The molecule has 9 heteroatoms. The van der Waals surface area contributed by atoms with E-state index in [9.17, 15) is 9.59 Å². The van der Waals surface area contributed by atoms with Crippen molar-refractivity contribution in [3.63, 3.8) is 0 Å². The van der Waals surface area contributed by atoms with Gasteiger partial charge in [-0.15, -0.1) is 16.4 Å². The Morgan fingerprint density at radius 2 is 1.88 bits per heavy atom. The van der Waals surface area contributed by atoms with Crippen LogP contribution in [0.5, 0.6) is 0 Å². The number of carbonyl (C=O) groups is 2. The van der Waals surface area contributed by atoms with Crippen LogP contribution in [-0.2, 0) is 19.7 Å². The van der Waals surface area contributed by atoms with Gasteiger partial charge in [-0.25, -0.2) is 0 Å². The number of nitrogens with one attached hydrogen (secondary N) is 1. The van der Waals surface area contributed by atoms with Gasteiger partial charge in [0.15, 0.2) is 18.5 Å². The molecule has 2 aromatic heterocycles. The number of thiophene rings is 1. The molecule has 3 aliphatic heterocycles. The van der Waals surface area contributed by atoms with Crippen LogP contribution in [0.4, 0.5) is 5.82 Å². The molecule has 7 nitrogen and oxygen atoms in total. The Balaban J connectivity index is 0.00000274. The van der Waals surface area contributed by atoms with Gasteiger partial charge >= 0.3 is 5.97 Å². The maximum Gasteiger partial charge on any atom is 0.317 e. The molecule has 2 bridgehead atoms. The third-order valence-corrected chi connectivity index (χ3v) is 9.03. The normalized spacial score (nSPS) is 27.8. The molecular formula is C25H33BrN4O3S. The van der Waals surface area contributed by atoms with E-state index in [0.717, 1.165) is 63.0 Å². The molecule has 1 aliphatic carbocycles. The van der Waals surface area contributed by atoms with Crippen molar-refractivity contribution < 1.29 is 35.8 Å². The first-order valence-electron chi connectivity index (χ1n) is 12.3. The molecule has 1 unspecified atom stereocenters. The van der Waals surface area contributed by atoms with E-state index in [1.807, 2.05) is 6.07 Å². The molecule has 0 radical (unpaired) electrons. The van der Waals surface area contributed by atoms with E-state index in [2.05, 4.69) is 27.0 Å². The van der Waals surface area contributed by atoms with E-state index in [0.29, 0.717) is 22.8 Å². The van der Waals surface area contributed by atoms with E-state index < -0.39 is 5.41 Å². The second-order valence-electron chi connectivity index (χ2n) is 10.0. The van der Waals surface area contributed by atoms with Crippen LogP contribution >= 0.6 is 11.3 Å². The Kier molecular flexibility index (Phi) is 8.05. The predicted octanol–water partition coefficient (Wildman–Crippen LogP) is 0.925. The van der Waals surface area contributed by atoms with Gasteiger partial charge in [0.1, 0.15) is 12.0 Å². The van der Waals surface area contributed by atoms with Crippen molar-refractivity contribution in [1.29, 1.82) is 0 Å². The van der Waals surface area contributed by atoms with Crippen molar-refractivity contribution in [3.05, 3.63) is 40.7 Å². The summed E-state index contributed by atoms with van der Waals surface area (Å²) in [6.45, 7) is 3.03. The molecular weight excluding hydrogens is 516 g/mol. The van der Waals surface area contributed by atoms with Gasteiger partial charge in [-0.3, -0.25) is 9.59 Å². The Morgan fingerprint density at radius 1 is 1.12 bits per heavy atom. The third kappa shape index (κ3) is 5.21. The molecule has 184 valence electrons. The van der Waals surface area contributed by atoms with Crippen LogP contribution in [0.1, 0.15) is 56.2 Å². The number of hydrogen-bond acceptors (Lipinski definition) is 6. The molecule has 1 saturated carbocycles. The van der Waals surface area contributed by atoms with Gasteiger partial charge in [0.05, 0.1) is 13.1 Å². The lowest BCUT2D eigenvalue weighted by atomic mass is 9.78. The SMILES string of the molecule is O=C(C[N+]12CCC(CC1)C(OC(=O)C1(c3cccs3)CCCCCC1)C2)Nc1cccnn1.[Br-]. The van der Waals surface area contributed by atoms with Gasteiger partial charge in [-0.1, -0.05) is 31.7 Å². The molecule has 1 N–H and O–H groups in total. The van der Waals surface area contributed by atoms with Crippen molar-refractivity contribution in [3.8, 4) is 0 Å². The number of carbonyl (C=O) groups excluding carboxylic acids is 2. The number of ether oxygens (including phenoxy) is 1. The minimum Gasteiger partial charge on any atom is -1.00 e. The molecule has 1 atom stereocenters. The fourth-order valence-corrected chi connectivity index (χ4v) is 7.09. The zero-order chi connectivity index (χ0) is 22.7. The number of quaternary nitrogens is 1. The second kappa shape index (κ2) is 10.8. The Labute approximate surface area is 215 Å². The number of esters is 1. The fraction of sp³-hybridized carbons (Fsp3) is 0.600. The number of anilines is 1. The van der Waals surface area contributed by atoms with Gasteiger partial charge in [-0.05, 0) is 36.4 Å². The Morgan fingerprint density at radius 3 is 2.53 bits per heavy atom. The zero-order valence-electron chi connectivity index (χ0n) is 19.5. The van der Waals surface area contributed by atoms with Crippen molar-refractivity contribution in [2.24, 2.45) is 5.92 Å². The summed E-state index contributed by atoms with van der Waals surface area (Å²) in [7, 11) is 0. The van der Waals surface area contributed by atoms with E-state index in [1.165, 1.54) is 12.8 Å². The molecule has 3 saturated heterocycles. The second-order valence-corrected chi connectivity index (χ2v) is 11.0. The first-order chi connectivity index (χ1) is 16.1.